The van der Waals surface area contributed by atoms with Crippen molar-refractivity contribution >= 4 is 0 Å². The Bertz CT molecular complexity index is 108. The standard InChI is InChI=1S/C6H7.Ti/c1-6-4-2-3-5-6;/h2-5H,1H3;/q-1;. The first-order valence-corrected chi connectivity index (χ1v) is 2.08. The smallest absolute Gasteiger partial charge is 0 e. The van der Waals surface area contributed by atoms with Crippen LogP contribution < -0.4 is 0 Å². The predicted molar refractivity (Wildman–Crippen MR) is 26.8 cm³/mol. The van der Waals surface area contributed by atoms with Gasteiger partial charge in [0, 0.05) is 21.7 Å². The van der Waals surface area contributed by atoms with Gasteiger partial charge in [0.1, 0.15) is 0 Å². The maximum atomic E-state index is 2.08. The van der Waals surface area contributed by atoms with Gasteiger partial charge in [-0.05, 0) is 0 Å². The second kappa shape index (κ2) is 3.12. The fraction of sp³-hybridized carbons (Fsp3) is 0.167. The van der Waals surface area contributed by atoms with Crippen molar-refractivity contribution in [1.29, 1.82) is 0 Å². The topological polar surface area (TPSA) is 0 Å². The van der Waals surface area contributed by atoms with Gasteiger partial charge in [0.25, 0.3) is 0 Å². The number of hydrogen-bond acceptors (Lipinski definition) is 0. The Kier molecular flexibility index (Phi) is 3.15. The third-order valence-corrected chi connectivity index (χ3v) is 0.829. The summed E-state index contributed by atoms with van der Waals surface area (Å²) < 4.78 is 0. The van der Waals surface area contributed by atoms with Crippen molar-refractivity contribution in [2.45, 2.75) is 6.92 Å². The molecule has 0 aliphatic heterocycles. The van der Waals surface area contributed by atoms with Crippen LogP contribution in [0.5, 0.6) is 0 Å². The molecule has 36 valence electrons. The molecule has 7 heavy (non-hydrogen) atoms. The van der Waals surface area contributed by atoms with E-state index in [0.29, 0.717) is 0 Å². The Morgan fingerprint density at radius 2 is 1.57 bits per heavy atom. The quantitative estimate of drug-likeness (QED) is 0.367. The van der Waals surface area contributed by atoms with Gasteiger partial charge in [-0.3, -0.25) is 0 Å². The number of hydrogen-bond donors (Lipinski definition) is 0. The van der Waals surface area contributed by atoms with Gasteiger partial charge < -0.3 is 0 Å². The number of aryl methyl sites for hydroxylation is 1. The Labute approximate surface area is 58.8 Å². The fourth-order valence-electron chi connectivity index (χ4n) is 0.470. The fourth-order valence-corrected chi connectivity index (χ4v) is 0.470. The van der Waals surface area contributed by atoms with E-state index in [4.69, 9.17) is 0 Å². The molecule has 0 nitrogen and oxygen atoms in total. The summed E-state index contributed by atoms with van der Waals surface area (Å²) in [6.07, 6.45) is 0. The molecule has 0 bridgehead atoms. The molecule has 1 aromatic rings. The molecular formula is C6H7Ti-. The minimum Gasteiger partial charge on any atom is -0.213 e. The average Bonchev–Trinajstić information content (AvgIpc) is 1.86. The first kappa shape index (κ1) is 7.06. The van der Waals surface area contributed by atoms with E-state index in [9.17, 15) is 0 Å². The summed E-state index contributed by atoms with van der Waals surface area (Å²) in [5.41, 5.74) is 1.34. The molecule has 0 aliphatic rings. The van der Waals surface area contributed by atoms with Crippen molar-refractivity contribution in [2.75, 3.05) is 0 Å². The van der Waals surface area contributed by atoms with E-state index in [1.54, 1.807) is 0 Å². The summed E-state index contributed by atoms with van der Waals surface area (Å²) in [5.74, 6) is 0. The SMILES string of the molecule is C[c-]1cccc1.[Ti]. The van der Waals surface area contributed by atoms with Crippen LogP contribution in [0.3, 0.4) is 0 Å². The third-order valence-electron chi connectivity index (χ3n) is 0.829. The van der Waals surface area contributed by atoms with E-state index in [2.05, 4.69) is 19.1 Å². The molecule has 0 saturated carbocycles. The zero-order valence-corrected chi connectivity index (χ0v) is 5.87. The van der Waals surface area contributed by atoms with Gasteiger partial charge in [0.2, 0.25) is 0 Å². The summed E-state index contributed by atoms with van der Waals surface area (Å²) in [7, 11) is 0. The Morgan fingerprint density at radius 1 is 1.14 bits per heavy atom. The van der Waals surface area contributed by atoms with Gasteiger partial charge >= 0.3 is 0 Å². The summed E-state index contributed by atoms with van der Waals surface area (Å²) in [4.78, 5) is 0. The molecule has 0 unspecified atom stereocenters. The van der Waals surface area contributed by atoms with Gasteiger partial charge in [-0.1, -0.05) is 6.92 Å². The van der Waals surface area contributed by atoms with E-state index in [-0.39, 0.29) is 21.7 Å². The monoisotopic (exact) mass is 127 g/mol. The largest absolute Gasteiger partial charge is 0.213 e. The minimum absolute atomic E-state index is 0. The summed E-state index contributed by atoms with van der Waals surface area (Å²) in [5, 5.41) is 0. The molecule has 0 atom stereocenters. The summed E-state index contributed by atoms with van der Waals surface area (Å²) in [6.45, 7) is 2.08. The van der Waals surface area contributed by atoms with Crippen LogP contribution in [0.2, 0.25) is 0 Å². The van der Waals surface area contributed by atoms with Gasteiger partial charge in [0.05, 0.1) is 0 Å². The Morgan fingerprint density at radius 3 is 1.71 bits per heavy atom. The molecule has 0 aliphatic carbocycles. The molecule has 0 amide bonds. The van der Waals surface area contributed by atoms with Gasteiger partial charge in [-0.2, -0.15) is 17.7 Å². The van der Waals surface area contributed by atoms with Gasteiger partial charge in [-0.25, -0.2) is 12.1 Å². The molecule has 0 heterocycles. The van der Waals surface area contributed by atoms with Crippen LogP contribution >= 0.6 is 0 Å². The van der Waals surface area contributed by atoms with Gasteiger partial charge in [0.15, 0.2) is 0 Å². The summed E-state index contributed by atoms with van der Waals surface area (Å²) >= 11 is 0. The summed E-state index contributed by atoms with van der Waals surface area (Å²) in [6, 6.07) is 8.24. The normalized spacial score (nSPS) is 7.57. The second-order valence-electron chi connectivity index (χ2n) is 1.46. The molecule has 0 N–H and O–H groups in total. The predicted octanol–water partition coefficient (Wildman–Crippen LogP) is 1.71. The van der Waals surface area contributed by atoms with E-state index in [0.717, 1.165) is 0 Å². The molecule has 0 aromatic heterocycles. The maximum absolute atomic E-state index is 2.08. The first-order valence-electron chi connectivity index (χ1n) is 2.08. The average molecular weight is 127 g/mol. The molecule has 0 spiro atoms. The molecular weight excluding hydrogens is 120 g/mol. The van der Waals surface area contributed by atoms with Crippen LogP contribution in [0.25, 0.3) is 0 Å². The van der Waals surface area contributed by atoms with Crippen LogP contribution in [0, 0.1) is 6.92 Å². The van der Waals surface area contributed by atoms with Crippen LogP contribution in [0.4, 0.5) is 0 Å². The third kappa shape index (κ3) is 2.01. The molecule has 0 radical (unpaired) electrons. The van der Waals surface area contributed by atoms with E-state index < -0.39 is 0 Å². The molecule has 1 aromatic carbocycles. The van der Waals surface area contributed by atoms with Crippen molar-refractivity contribution in [3.8, 4) is 0 Å². The van der Waals surface area contributed by atoms with Crippen LogP contribution in [-0.2, 0) is 21.7 Å². The van der Waals surface area contributed by atoms with Crippen molar-refractivity contribution in [3.05, 3.63) is 29.8 Å². The Hall–Kier alpha value is 0.0643. The first-order chi connectivity index (χ1) is 2.89. The van der Waals surface area contributed by atoms with Crippen LogP contribution in [-0.4, -0.2) is 0 Å². The second-order valence-corrected chi connectivity index (χ2v) is 1.46. The van der Waals surface area contributed by atoms with Crippen molar-refractivity contribution in [3.63, 3.8) is 0 Å². The molecule has 0 saturated heterocycles. The van der Waals surface area contributed by atoms with Crippen molar-refractivity contribution in [1.82, 2.24) is 0 Å². The van der Waals surface area contributed by atoms with Gasteiger partial charge in [-0.15, -0.1) is 0 Å². The van der Waals surface area contributed by atoms with E-state index in [1.165, 1.54) is 5.56 Å². The molecule has 0 fully saturated rings. The van der Waals surface area contributed by atoms with E-state index >= 15 is 0 Å². The van der Waals surface area contributed by atoms with Crippen molar-refractivity contribution < 1.29 is 21.7 Å². The van der Waals surface area contributed by atoms with Crippen molar-refractivity contribution in [2.24, 2.45) is 0 Å². The van der Waals surface area contributed by atoms with E-state index in [1.807, 2.05) is 12.1 Å². The van der Waals surface area contributed by atoms with Crippen LogP contribution in [0.15, 0.2) is 24.3 Å². The minimum atomic E-state index is 0. The van der Waals surface area contributed by atoms with Crippen LogP contribution in [0.1, 0.15) is 5.56 Å². The zero-order chi connectivity index (χ0) is 4.41. The Balaban J connectivity index is 0.000000360. The zero-order valence-electron chi connectivity index (χ0n) is 4.31. The molecule has 1 rings (SSSR count). The molecule has 1 heteroatoms. The number of rotatable bonds is 0. The maximum Gasteiger partial charge on any atom is 0 e.